The molecule has 1 aliphatic rings. The molecule has 0 unspecified atom stereocenters. The van der Waals surface area contributed by atoms with Crippen molar-refractivity contribution in [2.24, 2.45) is 5.92 Å². The molecule has 0 heterocycles. The van der Waals surface area contributed by atoms with E-state index in [0.717, 1.165) is 25.7 Å². The molecule has 1 aromatic rings. The fourth-order valence-corrected chi connectivity index (χ4v) is 2.48. The van der Waals surface area contributed by atoms with E-state index in [9.17, 15) is 10.1 Å². The Kier molecular flexibility index (Phi) is 5.62. The highest BCUT2D eigenvalue weighted by Gasteiger charge is 2.47. The van der Waals surface area contributed by atoms with Gasteiger partial charge in [0.2, 0.25) is 0 Å². The van der Waals surface area contributed by atoms with Crippen LogP contribution in [0.1, 0.15) is 45.1 Å². The van der Waals surface area contributed by atoms with Crippen molar-refractivity contribution < 1.29 is 14.3 Å². The second kappa shape index (κ2) is 7.47. The summed E-state index contributed by atoms with van der Waals surface area (Å²) >= 11 is 0. The molecule has 124 valence electrons. The van der Waals surface area contributed by atoms with Crippen LogP contribution >= 0.6 is 0 Å². The molecule has 0 bridgehead atoms. The number of nitrogens with zero attached hydrogens (tertiary/aromatic N) is 1. The number of unbranched alkanes of at least 4 members (excludes halogenated alkanes) is 1. The van der Waals surface area contributed by atoms with E-state index in [1.54, 1.807) is 25.3 Å². The van der Waals surface area contributed by atoms with Crippen molar-refractivity contribution in [3.63, 3.8) is 0 Å². The van der Waals surface area contributed by atoms with Crippen molar-refractivity contribution in [1.82, 2.24) is 0 Å². The third-order valence-corrected chi connectivity index (χ3v) is 4.34. The Hall–Kier alpha value is -2.06. The molecule has 1 aliphatic carbocycles. The van der Waals surface area contributed by atoms with E-state index in [1.165, 1.54) is 0 Å². The fraction of sp³-hybridized carbons (Fsp3) is 0.556. The van der Waals surface area contributed by atoms with Gasteiger partial charge in [-0.15, -0.1) is 0 Å². The first-order valence-electron chi connectivity index (χ1n) is 8.08. The van der Waals surface area contributed by atoms with Gasteiger partial charge in [0.25, 0.3) is 5.91 Å². The Morgan fingerprint density at radius 1 is 1.48 bits per heavy atom. The van der Waals surface area contributed by atoms with E-state index < -0.39 is 5.60 Å². The zero-order valence-corrected chi connectivity index (χ0v) is 14.0. The summed E-state index contributed by atoms with van der Waals surface area (Å²) in [6, 6.07) is 7.24. The van der Waals surface area contributed by atoms with Gasteiger partial charge in [0.05, 0.1) is 12.2 Å². The molecule has 0 spiro atoms. The average Bonchev–Trinajstić information content (AvgIpc) is 3.40. The van der Waals surface area contributed by atoms with E-state index in [-0.39, 0.29) is 11.8 Å². The van der Waals surface area contributed by atoms with Gasteiger partial charge in [-0.25, -0.2) is 0 Å². The highest BCUT2D eigenvalue weighted by atomic mass is 16.5. The minimum absolute atomic E-state index is 0.175. The Bertz CT molecular complexity index is 605. The van der Waals surface area contributed by atoms with Crippen molar-refractivity contribution in [2.75, 3.05) is 19.0 Å². The number of rotatable bonds is 8. The van der Waals surface area contributed by atoms with Gasteiger partial charge >= 0.3 is 0 Å². The number of carbonyl (C=O) groups excluding carboxylic acids is 1. The Labute approximate surface area is 137 Å². The molecule has 5 heteroatoms. The standard InChI is InChI=1S/C18H24N2O3/c1-4-5-10-23-16-9-8-15(11-13(16)12-19)20-17(21)18(2,22-3)14-6-7-14/h8-9,11,14H,4-7,10H2,1-3H3,(H,20,21)/t18-/m1/s1. The molecule has 1 N–H and O–H groups in total. The van der Waals surface area contributed by atoms with Crippen LogP contribution in [-0.4, -0.2) is 25.2 Å². The van der Waals surface area contributed by atoms with Gasteiger partial charge in [-0.3, -0.25) is 4.79 Å². The molecule has 5 nitrogen and oxygen atoms in total. The molecule has 1 amide bonds. The first-order chi connectivity index (χ1) is 11.0. The van der Waals surface area contributed by atoms with Crippen LogP contribution in [-0.2, 0) is 9.53 Å². The third kappa shape index (κ3) is 4.02. The maximum atomic E-state index is 12.5. The van der Waals surface area contributed by atoms with E-state index in [1.807, 2.05) is 6.92 Å². The Balaban J connectivity index is 2.08. The van der Waals surface area contributed by atoms with Gasteiger partial charge in [-0.05, 0) is 50.3 Å². The van der Waals surface area contributed by atoms with Crippen molar-refractivity contribution >= 4 is 11.6 Å². The number of amides is 1. The molecule has 0 aliphatic heterocycles. The molecule has 0 radical (unpaired) electrons. The SMILES string of the molecule is CCCCOc1ccc(NC(=O)[C@](C)(OC)C2CC2)cc1C#N. The maximum absolute atomic E-state index is 12.5. The average molecular weight is 316 g/mol. The van der Waals surface area contributed by atoms with Crippen molar-refractivity contribution in [3.8, 4) is 11.8 Å². The summed E-state index contributed by atoms with van der Waals surface area (Å²) in [6.45, 7) is 4.48. The number of hydrogen-bond acceptors (Lipinski definition) is 4. The summed E-state index contributed by atoms with van der Waals surface area (Å²) in [7, 11) is 1.56. The zero-order valence-electron chi connectivity index (χ0n) is 14.0. The minimum Gasteiger partial charge on any atom is -0.492 e. The smallest absolute Gasteiger partial charge is 0.256 e. The lowest BCUT2D eigenvalue weighted by atomic mass is 9.99. The summed E-state index contributed by atoms with van der Waals surface area (Å²) < 4.78 is 11.0. The Morgan fingerprint density at radius 2 is 2.22 bits per heavy atom. The Morgan fingerprint density at radius 3 is 2.78 bits per heavy atom. The number of anilines is 1. The number of carbonyl (C=O) groups is 1. The normalized spacial score (nSPS) is 16.3. The fourth-order valence-electron chi connectivity index (χ4n) is 2.48. The number of nitriles is 1. The lowest BCUT2D eigenvalue weighted by molar-refractivity contribution is -0.138. The third-order valence-electron chi connectivity index (χ3n) is 4.34. The summed E-state index contributed by atoms with van der Waals surface area (Å²) in [4.78, 5) is 12.5. The number of benzene rings is 1. The highest BCUT2D eigenvalue weighted by Crippen LogP contribution is 2.42. The molecule has 1 fully saturated rings. The molecule has 23 heavy (non-hydrogen) atoms. The van der Waals surface area contributed by atoms with Gasteiger partial charge in [0.15, 0.2) is 0 Å². The second-order valence-corrected chi connectivity index (χ2v) is 6.06. The summed E-state index contributed by atoms with van der Waals surface area (Å²) in [5.74, 6) is 0.640. The molecule has 0 aromatic heterocycles. The number of methoxy groups -OCH3 is 1. The van der Waals surface area contributed by atoms with E-state index >= 15 is 0 Å². The molecule has 1 aromatic carbocycles. The zero-order chi connectivity index (χ0) is 16.9. The van der Waals surface area contributed by atoms with E-state index in [4.69, 9.17) is 9.47 Å². The van der Waals surface area contributed by atoms with Gasteiger partial charge in [0.1, 0.15) is 17.4 Å². The van der Waals surface area contributed by atoms with Crippen LogP contribution in [0.3, 0.4) is 0 Å². The van der Waals surface area contributed by atoms with Crippen LogP contribution in [0.4, 0.5) is 5.69 Å². The highest BCUT2D eigenvalue weighted by molar-refractivity contribution is 5.97. The van der Waals surface area contributed by atoms with Gasteiger partial charge in [-0.2, -0.15) is 5.26 Å². The largest absolute Gasteiger partial charge is 0.492 e. The van der Waals surface area contributed by atoms with E-state index in [2.05, 4.69) is 18.3 Å². The number of nitrogens with one attached hydrogen (secondary N) is 1. The molecule has 1 atom stereocenters. The quantitative estimate of drug-likeness (QED) is 0.745. The predicted molar refractivity (Wildman–Crippen MR) is 88.3 cm³/mol. The molecule has 1 saturated carbocycles. The number of hydrogen-bond donors (Lipinski definition) is 1. The molecule has 2 rings (SSSR count). The second-order valence-electron chi connectivity index (χ2n) is 6.06. The summed E-state index contributed by atoms with van der Waals surface area (Å²) in [6.07, 6.45) is 3.99. The van der Waals surface area contributed by atoms with Crippen molar-refractivity contribution in [1.29, 1.82) is 5.26 Å². The van der Waals surface area contributed by atoms with Crippen molar-refractivity contribution in [3.05, 3.63) is 23.8 Å². The minimum atomic E-state index is -0.816. The lowest BCUT2D eigenvalue weighted by Crippen LogP contribution is -2.44. The summed E-state index contributed by atoms with van der Waals surface area (Å²) in [5, 5.41) is 12.1. The van der Waals surface area contributed by atoms with Crippen LogP contribution in [0.5, 0.6) is 5.75 Å². The first-order valence-corrected chi connectivity index (χ1v) is 8.08. The predicted octanol–water partition coefficient (Wildman–Crippen LogP) is 3.49. The molecule has 0 saturated heterocycles. The lowest BCUT2D eigenvalue weighted by Gasteiger charge is -2.26. The van der Waals surface area contributed by atoms with Crippen LogP contribution in [0, 0.1) is 17.2 Å². The maximum Gasteiger partial charge on any atom is 0.256 e. The van der Waals surface area contributed by atoms with E-state index in [0.29, 0.717) is 23.6 Å². The molecular formula is C18H24N2O3. The first kappa shape index (κ1) is 17.3. The van der Waals surface area contributed by atoms with Crippen molar-refractivity contribution in [2.45, 2.75) is 45.1 Å². The summed E-state index contributed by atoms with van der Waals surface area (Å²) in [5.41, 5.74) is 0.186. The monoisotopic (exact) mass is 316 g/mol. The van der Waals surface area contributed by atoms with Gasteiger partial charge in [0, 0.05) is 12.8 Å². The van der Waals surface area contributed by atoms with Gasteiger partial charge in [-0.1, -0.05) is 13.3 Å². The van der Waals surface area contributed by atoms with Crippen LogP contribution in [0.15, 0.2) is 18.2 Å². The van der Waals surface area contributed by atoms with Crippen LogP contribution in [0.25, 0.3) is 0 Å². The van der Waals surface area contributed by atoms with Gasteiger partial charge < -0.3 is 14.8 Å². The van der Waals surface area contributed by atoms with Crippen LogP contribution < -0.4 is 10.1 Å². The topological polar surface area (TPSA) is 71.3 Å². The number of ether oxygens (including phenoxy) is 2. The molecular weight excluding hydrogens is 292 g/mol. The van der Waals surface area contributed by atoms with Crippen LogP contribution in [0.2, 0.25) is 0 Å².